The summed E-state index contributed by atoms with van der Waals surface area (Å²) in [4.78, 5) is 12.7. The van der Waals surface area contributed by atoms with E-state index in [9.17, 15) is 4.79 Å². The molecule has 0 saturated carbocycles. The number of allylic oxidation sites excluding steroid dienone is 1. The van der Waals surface area contributed by atoms with E-state index >= 15 is 0 Å². The highest BCUT2D eigenvalue weighted by atomic mass is 16.5. The molecule has 4 heteroatoms. The van der Waals surface area contributed by atoms with Crippen LogP contribution in [0.25, 0.3) is 16.5 Å². The molecule has 0 fully saturated rings. The number of anilines is 1. The summed E-state index contributed by atoms with van der Waals surface area (Å²) in [6, 6.07) is 8.14. The number of aryl methyl sites for hydroxylation is 5. The third kappa shape index (κ3) is 3.62. The number of rotatable bonds is 4. The minimum atomic E-state index is -0.145. The lowest BCUT2D eigenvalue weighted by atomic mass is 9.93. The average Bonchev–Trinajstić information content (AvgIpc) is 3.09. The van der Waals surface area contributed by atoms with Crippen LogP contribution in [0, 0.1) is 20.8 Å². The molecule has 1 aliphatic carbocycles. The fourth-order valence-corrected chi connectivity index (χ4v) is 4.49. The molecule has 2 aromatic carbocycles. The molecule has 0 atom stereocenters. The van der Waals surface area contributed by atoms with Gasteiger partial charge in [-0.1, -0.05) is 17.7 Å². The molecule has 1 heterocycles. The predicted molar refractivity (Wildman–Crippen MR) is 122 cm³/mol. The number of benzene rings is 2. The summed E-state index contributed by atoms with van der Waals surface area (Å²) in [5.74, 6) is 1.72. The quantitative estimate of drug-likeness (QED) is 0.521. The highest BCUT2D eigenvalue weighted by Gasteiger charge is 2.23. The van der Waals surface area contributed by atoms with Crippen LogP contribution in [0.2, 0.25) is 0 Å². The van der Waals surface area contributed by atoms with Gasteiger partial charge in [-0.2, -0.15) is 0 Å². The standard InChI is InChI=1S/C26H29NO3/c1-15-10-11-22(17(3)12-15)27-24(28)13-16(2)20-14-21-19-8-6-7-9-23(19)30-26(21)18(4)25(20)29-5/h10-14H,6-9H2,1-5H3,(H,27,28)/b16-13+. The van der Waals surface area contributed by atoms with Crippen molar-refractivity contribution in [2.24, 2.45) is 0 Å². The summed E-state index contributed by atoms with van der Waals surface area (Å²) >= 11 is 0. The molecule has 4 nitrogen and oxygen atoms in total. The van der Waals surface area contributed by atoms with Crippen LogP contribution in [0.1, 0.15) is 53.3 Å². The summed E-state index contributed by atoms with van der Waals surface area (Å²) in [5, 5.41) is 4.15. The summed E-state index contributed by atoms with van der Waals surface area (Å²) in [5.41, 5.74) is 8.07. The van der Waals surface area contributed by atoms with Crippen molar-refractivity contribution in [2.45, 2.75) is 53.4 Å². The second kappa shape index (κ2) is 8.02. The third-order valence-corrected chi connectivity index (χ3v) is 6.04. The number of methoxy groups -OCH3 is 1. The van der Waals surface area contributed by atoms with Gasteiger partial charge in [0, 0.05) is 40.3 Å². The van der Waals surface area contributed by atoms with Gasteiger partial charge in [-0.05, 0) is 70.2 Å². The molecule has 0 saturated heterocycles. The van der Waals surface area contributed by atoms with E-state index < -0.39 is 0 Å². The van der Waals surface area contributed by atoms with Gasteiger partial charge >= 0.3 is 0 Å². The smallest absolute Gasteiger partial charge is 0.248 e. The van der Waals surface area contributed by atoms with Crippen LogP contribution in [0.15, 0.2) is 34.8 Å². The Bertz CT molecular complexity index is 1170. The molecule has 0 bridgehead atoms. The van der Waals surface area contributed by atoms with Gasteiger partial charge in [0.05, 0.1) is 7.11 Å². The topological polar surface area (TPSA) is 51.5 Å². The fourth-order valence-electron chi connectivity index (χ4n) is 4.49. The minimum absolute atomic E-state index is 0.145. The molecule has 1 amide bonds. The summed E-state index contributed by atoms with van der Waals surface area (Å²) < 4.78 is 11.9. The van der Waals surface area contributed by atoms with E-state index in [1.54, 1.807) is 13.2 Å². The normalized spacial score (nSPS) is 14.0. The van der Waals surface area contributed by atoms with E-state index in [0.29, 0.717) is 0 Å². The zero-order valence-corrected chi connectivity index (χ0v) is 18.4. The van der Waals surface area contributed by atoms with E-state index in [2.05, 4.69) is 17.4 Å². The number of nitrogens with one attached hydrogen (secondary N) is 1. The van der Waals surface area contributed by atoms with Crippen LogP contribution in [0.5, 0.6) is 5.75 Å². The van der Waals surface area contributed by atoms with Crippen molar-refractivity contribution in [3.05, 3.63) is 63.9 Å². The van der Waals surface area contributed by atoms with Crippen LogP contribution < -0.4 is 10.1 Å². The maximum absolute atomic E-state index is 12.7. The molecule has 0 radical (unpaired) electrons. The van der Waals surface area contributed by atoms with Gasteiger partial charge in [0.1, 0.15) is 17.1 Å². The average molecular weight is 404 g/mol. The zero-order valence-electron chi connectivity index (χ0n) is 18.4. The third-order valence-electron chi connectivity index (χ3n) is 6.04. The molecular weight excluding hydrogens is 374 g/mol. The van der Waals surface area contributed by atoms with Crippen molar-refractivity contribution in [2.75, 3.05) is 12.4 Å². The second-order valence-corrected chi connectivity index (χ2v) is 8.30. The van der Waals surface area contributed by atoms with E-state index in [-0.39, 0.29) is 5.91 Å². The van der Waals surface area contributed by atoms with Crippen molar-refractivity contribution in [3.63, 3.8) is 0 Å². The van der Waals surface area contributed by atoms with Crippen LogP contribution >= 0.6 is 0 Å². The maximum Gasteiger partial charge on any atom is 0.248 e. The molecule has 0 unspecified atom stereocenters. The van der Waals surface area contributed by atoms with Gasteiger partial charge in [0.2, 0.25) is 5.91 Å². The van der Waals surface area contributed by atoms with Gasteiger partial charge in [-0.15, -0.1) is 0 Å². The van der Waals surface area contributed by atoms with Gasteiger partial charge < -0.3 is 14.5 Å². The summed E-state index contributed by atoms with van der Waals surface area (Å²) in [7, 11) is 1.67. The highest BCUT2D eigenvalue weighted by Crippen LogP contribution is 2.41. The molecule has 156 valence electrons. The number of ether oxygens (including phenoxy) is 1. The Balaban J connectivity index is 1.72. The minimum Gasteiger partial charge on any atom is -0.496 e. The highest BCUT2D eigenvalue weighted by molar-refractivity contribution is 6.05. The molecular formula is C26H29NO3. The number of amides is 1. The van der Waals surface area contributed by atoms with E-state index in [1.165, 1.54) is 24.0 Å². The van der Waals surface area contributed by atoms with Crippen LogP contribution in [0.3, 0.4) is 0 Å². The van der Waals surface area contributed by atoms with Crippen LogP contribution in [-0.4, -0.2) is 13.0 Å². The maximum atomic E-state index is 12.7. The Labute approximate surface area is 177 Å². The number of hydrogen-bond donors (Lipinski definition) is 1. The van der Waals surface area contributed by atoms with Gasteiger partial charge in [0.25, 0.3) is 0 Å². The van der Waals surface area contributed by atoms with Crippen molar-refractivity contribution < 1.29 is 13.9 Å². The lowest BCUT2D eigenvalue weighted by Gasteiger charge is -2.14. The number of hydrogen-bond acceptors (Lipinski definition) is 3. The fraction of sp³-hybridized carbons (Fsp3) is 0.346. The summed E-state index contributed by atoms with van der Waals surface area (Å²) in [6.45, 7) is 8.03. The summed E-state index contributed by atoms with van der Waals surface area (Å²) in [6.07, 6.45) is 6.05. The Morgan fingerprint density at radius 1 is 1.13 bits per heavy atom. The van der Waals surface area contributed by atoms with Gasteiger partial charge in [0.15, 0.2) is 0 Å². The number of carbonyl (C=O) groups is 1. The Hall–Kier alpha value is -3.01. The number of fused-ring (bicyclic) bond motifs is 3. The Kier molecular flexibility index (Phi) is 5.42. The number of carbonyl (C=O) groups excluding carboxylic acids is 1. The van der Waals surface area contributed by atoms with Crippen molar-refractivity contribution >= 4 is 28.1 Å². The predicted octanol–water partition coefficient (Wildman–Crippen LogP) is 6.29. The Morgan fingerprint density at radius 3 is 2.63 bits per heavy atom. The monoisotopic (exact) mass is 403 g/mol. The Morgan fingerprint density at radius 2 is 1.90 bits per heavy atom. The largest absolute Gasteiger partial charge is 0.496 e. The van der Waals surface area contributed by atoms with Gasteiger partial charge in [-0.25, -0.2) is 0 Å². The van der Waals surface area contributed by atoms with E-state index in [1.807, 2.05) is 39.8 Å². The first-order valence-corrected chi connectivity index (χ1v) is 10.6. The SMILES string of the molecule is COc1c(/C(C)=C/C(=O)Nc2ccc(C)cc2C)cc2c3c(oc2c1C)CCCC3. The van der Waals surface area contributed by atoms with Crippen molar-refractivity contribution in [3.8, 4) is 5.75 Å². The molecule has 30 heavy (non-hydrogen) atoms. The zero-order chi connectivity index (χ0) is 21.4. The second-order valence-electron chi connectivity index (χ2n) is 8.30. The molecule has 0 aliphatic heterocycles. The molecule has 1 aliphatic rings. The first kappa shape index (κ1) is 20.3. The van der Waals surface area contributed by atoms with Crippen molar-refractivity contribution in [1.29, 1.82) is 0 Å². The molecule has 1 aromatic heterocycles. The van der Waals surface area contributed by atoms with E-state index in [0.717, 1.165) is 63.3 Å². The number of furan rings is 1. The molecule has 4 rings (SSSR count). The lowest BCUT2D eigenvalue weighted by Crippen LogP contribution is -2.10. The molecule has 0 spiro atoms. The van der Waals surface area contributed by atoms with Crippen molar-refractivity contribution in [1.82, 2.24) is 0 Å². The molecule has 1 N–H and O–H groups in total. The van der Waals surface area contributed by atoms with E-state index in [4.69, 9.17) is 9.15 Å². The first-order valence-electron chi connectivity index (χ1n) is 10.6. The molecule has 3 aromatic rings. The van der Waals surface area contributed by atoms with Gasteiger partial charge in [-0.3, -0.25) is 4.79 Å². The van der Waals surface area contributed by atoms with Crippen LogP contribution in [0.4, 0.5) is 5.69 Å². The lowest BCUT2D eigenvalue weighted by molar-refractivity contribution is -0.111. The van der Waals surface area contributed by atoms with Crippen LogP contribution in [-0.2, 0) is 17.6 Å². The first-order chi connectivity index (χ1) is 14.4.